The number of hydrogen-bond donors (Lipinski definition) is 1. The summed E-state index contributed by atoms with van der Waals surface area (Å²) in [5.41, 5.74) is 0.262. The van der Waals surface area contributed by atoms with Crippen LogP contribution in [0.3, 0.4) is 0 Å². The summed E-state index contributed by atoms with van der Waals surface area (Å²) in [6, 6.07) is 7.04. The number of benzene rings is 1. The van der Waals surface area contributed by atoms with E-state index in [2.05, 4.69) is 15.1 Å². The Bertz CT molecular complexity index is 523. The second kappa shape index (κ2) is 7.88. The molecule has 5 heteroatoms. The van der Waals surface area contributed by atoms with E-state index < -0.39 is 0 Å². The molecule has 0 unspecified atom stereocenters. The Morgan fingerprint density at radius 2 is 1.78 bits per heavy atom. The molecule has 3 rings (SSSR count). The molecule has 1 heterocycles. The third kappa shape index (κ3) is 4.52. The lowest BCUT2D eigenvalue weighted by molar-refractivity contribution is -0.117. The van der Waals surface area contributed by atoms with Gasteiger partial charge in [-0.3, -0.25) is 14.6 Å². The predicted octanol–water partition coefficient (Wildman–Crippen LogP) is 2.71. The fourth-order valence-corrected chi connectivity index (χ4v) is 3.69. The van der Waals surface area contributed by atoms with Gasteiger partial charge >= 0.3 is 0 Å². The van der Waals surface area contributed by atoms with Crippen molar-refractivity contribution in [1.82, 2.24) is 9.80 Å². The highest BCUT2D eigenvalue weighted by Gasteiger charge is 2.25. The number of para-hydroxylation sites is 1. The van der Waals surface area contributed by atoms with Crippen LogP contribution in [0.1, 0.15) is 32.1 Å². The van der Waals surface area contributed by atoms with E-state index in [1.54, 1.807) is 18.2 Å². The van der Waals surface area contributed by atoms with E-state index in [-0.39, 0.29) is 17.4 Å². The highest BCUT2D eigenvalue weighted by Crippen LogP contribution is 2.23. The average Bonchev–Trinajstić information content (AvgIpc) is 2.58. The standard InChI is InChI=1S/C18H26FN3O/c19-16-8-4-5-9-17(16)20-18(23)14-21-10-12-22(13-11-21)15-6-2-1-3-7-15/h4-5,8-9,15H,1-3,6-7,10-14H2,(H,20,23). The zero-order chi connectivity index (χ0) is 16.1. The van der Waals surface area contributed by atoms with Gasteiger partial charge in [0.25, 0.3) is 0 Å². The van der Waals surface area contributed by atoms with Crippen molar-refractivity contribution < 1.29 is 9.18 Å². The topological polar surface area (TPSA) is 35.6 Å². The van der Waals surface area contributed by atoms with E-state index in [1.165, 1.54) is 38.2 Å². The number of nitrogens with one attached hydrogen (secondary N) is 1. The number of piperazine rings is 1. The number of amides is 1. The van der Waals surface area contributed by atoms with Crippen LogP contribution in [-0.2, 0) is 4.79 Å². The lowest BCUT2D eigenvalue weighted by Gasteiger charge is -2.40. The van der Waals surface area contributed by atoms with Crippen LogP contribution in [0.2, 0.25) is 0 Å². The third-order valence-corrected chi connectivity index (χ3v) is 5.01. The van der Waals surface area contributed by atoms with Crippen LogP contribution in [-0.4, -0.2) is 54.5 Å². The number of rotatable bonds is 4. The Morgan fingerprint density at radius 3 is 2.48 bits per heavy atom. The van der Waals surface area contributed by atoms with Gasteiger partial charge in [-0.1, -0.05) is 31.4 Å². The molecular formula is C18H26FN3O. The van der Waals surface area contributed by atoms with E-state index in [0.29, 0.717) is 6.54 Å². The number of carbonyl (C=O) groups excluding carboxylic acids is 1. The van der Waals surface area contributed by atoms with Crippen LogP contribution in [0, 0.1) is 5.82 Å². The monoisotopic (exact) mass is 319 g/mol. The van der Waals surface area contributed by atoms with E-state index >= 15 is 0 Å². The molecule has 0 atom stereocenters. The Balaban J connectivity index is 1.43. The maximum Gasteiger partial charge on any atom is 0.238 e. The minimum atomic E-state index is -0.386. The SMILES string of the molecule is O=C(CN1CCN(C2CCCCC2)CC1)Nc1ccccc1F. The number of nitrogens with zero attached hydrogens (tertiary/aromatic N) is 2. The van der Waals surface area contributed by atoms with Crippen molar-refractivity contribution in [3.05, 3.63) is 30.1 Å². The minimum absolute atomic E-state index is 0.138. The average molecular weight is 319 g/mol. The molecule has 1 N–H and O–H groups in total. The Hall–Kier alpha value is -1.46. The van der Waals surface area contributed by atoms with Crippen molar-refractivity contribution >= 4 is 11.6 Å². The molecule has 1 aromatic rings. The van der Waals surface area contributed by atoms with Crippen LogP contribution in [0.5, 0.6) is 0 Å². The van der Waals surface area contributed by atoms with Gasteiger partial charge in [-0.15, -0.1) is 0 Å². The van der Waals surface area contributed by atoms with Gasteiger partial charge in [0.1, 0.15) is 5.82 Å². The van der Waals surface area contributed by atoms with E-state index in [0.717, 1.165) is 32.2 Å². The predicted molar refractivity (Wildman–Crippen MR) is 89.9 cm³/mol. The third-order valence-electron chi connectivity index (χ3n) is 5.01. The molecule has 0 radical (unpaired) electrons. The molecule has 1 aliphatic carbocycles. The first-order valence-electron chi connectivity index (χ1n) is 8.73. The van der Waals surface area contributed by atoms with Crippen LogP contribution in [0.15, 0.2) is 24.3 Å². The molecule has 2 aliphatic rings. The molecule has 2 fully saturated rings. The normalized spacial score (nSPS) is 21.3. The lowest BCUT2D eigenvalue weighted by atomic mass is 9.94. The Labute approximate surface area is 137 Å². The second-order valence-corrected chi connectivity index (χ2v) is 6.63. The zero-order valence-electron chi connectivity index (χ0n) is 13.6. The van der Waals surface area contributed by atoms with Crippen LogP contribution in [0.4, 0.5) is 10.1 Å². The van der Waals surface area contributed by atoms with Crippen molar-refractivity contribution in [2.24, 2.45) is 0 Å². The van der Waals surface area contributed by atoms with Crippen molar-refractivity contribution in [2.75, 3.05) is 38.0 Å². The van der Waals surface area contributed by atoms with Crippen LogP contribution in [0.25, 0.3) is 0 Å². The fourth-order valence-electron chi connectivity index (χ4n) is 3.69. The van der Waals surface area contributed by atoms with Gasteiger partial charge < -0.3 is 5.32 Å². The smallest absolute Gasteiger partial charge is 0.238 e. The number of anilines is 1. The highest BCUT2D eigenvalue weighted by molar-refractivity contribution is 5.92. The first-order valence-corrected chi connectivity index (χ1v) is 8.73. The van der Waals surface area contributed by atoms with Crippen molar-refractivity contribution in [2.45, 2.75) is 38.1 Å². The van der Waals surface area contributed by atoms with Gasteiger partial charge in [0, 0.05) is 32.2 Å². The summed E-state index contributed by atoms with van der Waals surface area (Å²) in [6.45, 7) is 4.25. The second-order valence-electron chi connectivity index (χ2n) is 6.63. The van der Waals surface area contributed by atoms with E-state index in [9.17, 15) is 9.18 Å². The summed E-state index contributed by atoms with van der Waals surface area (Å²) >= 11 is 0. The van der Waals surface area contributed by atoms with Crippen LogP contribution < -0.4 is 5.32 Å². The number of hydrogen-bond acceptors (Lipinski definition) is 3. The lowest BCUT2D eigenvalue weighted by Crippen LogP contribution is -2.52. The van der Waals surface area contributed by atoms with Gasteiger partial charge in [-0.05, 0) is 25.0 Å². The summed E-state index contributed by atoms with van der Waals surface area (Å²) < 4.78 is 13.6. The molecule has 126 valence electrons. The zero-order valence-corrected chi connectivity index (χ0v) is 13.6. The molecule has 1 saturated heterocycles. The number of carbonyl (C=O) groups is 1. The molecule has 0 bridgehead atoms. The van der Waals surface area contributed by atoms with E-state index in [4.69, 9.17) is 0 Å². The number of halogens is 1. The summed E-state index contributed by atoms with van der Waals surface area (Å²) in [7, 11) is 0. The molecule has 1 aromatic carbocycles. The van der Waals surface area contributed by atoms with Crippen LogP contribution >= 0.6 is 0 Å². The van der Waals surface area contributed by atoms with Crippen molar-refractivity contribution in [1.29, 1.82) is 0 Å². The molecule has 1 saturated carbocycles. The summed E-state index contributed by atoms with van der Waals surface area (Å²) in [4.78, 5) is 16.8. The first kappa shape index (κ1) is 16.4. The largest absolute Gasteiger partial charge is 0.322 e. The molecular weight excluding hydrogens is 293 g/mol. The van der Waals surface area contributed by atoms with Crippen molar-refractivity contribution in [3.63, 3.8) is 0 Å². The maximum absolute atomic E-state index is 13.6. The summed E-state index contributed by atoms with van der Waals surface area (Å²) in [5.74, 6) is -0.524. The fraction of sp³-hybridized carbons (Fsp3) is 0.611. The molecule has 4 nitrogen and oxygen atoms in total. The summed E-state index contributed by atoms with van der Waals surface area (Å²) in [5, 5.41) is 2.66. The minimum Gasteiger partial charge on any atom is -0.322 e. The van der Waals surface area contributed by atoms with Crippen molar-refractivity contribution in [3.8, 4) is 0 Å². The van der Waals surface area contributed by atoms with Gasteiger partial charge in [-0.25, -0.2) is 4.39 Å². The van der Waals surface area contributed by atoms with Gasteiger partial charge in [-0.2, -0.15) is 0 Å². The van der Waals surface area contributed by atoms with Gasteiger partial charge in [0.2, 0.25) is 5.91 Å². The first-order chi connectivity index (χ1) is 11.2. The molecule has 0 aromatic heterocycles. The Morgan fingerprint density at radius 1 is 1.09 bits per heavy atom. The van der Waals surface area contributed by atoms with E-state index in [1.807, 2.05) is 0 Å². The molecule has 23 heavy (non-hydrogen) atoms. The molecule has 1 aliphatic heterocycles. The summed E-state index contributed by atoms with van der Waals surface area (Å²) in [6.07, 6.45) is 6.75. The Kier molecular flexibility index (Phi) is 5.62. The maximum atomic E-state index is 13.6. The highest BCUT2D eigenvalue weighted by atomic mass is 19.1. The molecule has 1 amide bonds. The molecule has 0 spiro atoms. The van der Waals surface area contributed by atoms with Gasteiger partial charge in [0.15, 0.2) is 0 Å². The quantitative estimate of drug-likeness (QED) is 0.927. The van der Waals surface area contributed by atoms with Gasteiger partial charge in [0.05, 0.1) is 12.2 Å².